The molecule has 1 rings (SSSR count). The van der Waals surface area contributed by atoms with E-state index in [2.05, 4.69) is 10.6 Å². The highest BCUT2D eigenvalue weighted by atomic mass is 16.4. The molecule has 3 N–H and O–H groups in total. The monoisotopic (exact) mass is 270 g/mol. The second-order valence-electron chi connectivity index (χ2n) is 6.85. The fraction of sp³-hybridized carbons (Fsp3) is 0.857. The van der Waals surface area contributed by atoms with Gasteiger partial charge in [-0.15, -0.1) is 0 Å². The molecule has 1 fully saturated rings. The van der Waals surface area contributed by atoms with Crippen LogP contribution in [0.3, 0.4) is 0 Å². The average molecular weight is 270 g/mol. The second kappa shape index (κ2) is 5.49. The maximum atomic E-state index is 12.6. The van der Waals surface area contributed by atoms with Crippen molar-refractivity contribution in [1.29, 1.82) is 0 Å². The van der Waals surface area contributed by atoms with Crippen molar-refractivity contribution in [2.75, 3.05) is 13.1 Å². The molecule has 0 spiro atoms. The van der Waals surface area contributed by atoms with E-state index in [9.17, 15) is 14.7 Å². The van der Waals surface area contributed by atoms with Crippen LogP contribution in [-0.2, 0) is 9.59 Å². The molecule has 5 heteroatoms. The molecule has 19 heavy (non-hydrogen) atoms. The van der Waals surface area contributed by atoms with Gasteiger partial charge in [-0.1, -0.05) is 34.6 Å². The molecule has 0 bridgehead atoms. The number of aliphatic carboxylic acids is 1. The summed E-state index contributed by atoms with van der Waals surface area (Å²) in [5.74, 6) is -0.947. The molecule has 0 aromatic rings. The lowest BCUT2D eigenvalue weighted by Gasteiger charge is -2.35. The molecule has 1 saturated heterocycles. The minimum Gasteiger partial charge on any atom is -0.480 e. The standard InChI is InChI=1S/C14H26N2O3/c1-9(2)14(6-7-15-8-14)12(19)16-10(11(17)18)13(3,4)5/h9-10,15H,6-8H2,1-5H3,(H,16,19)(H,17,18)/t10-,14?/m0/s1. The Morgan fingerprint density at radius 1 is 1.32 bits per heavy atom. The topological polar surface area (TPSA) is 78.4 Å². The first kappa shape index (κ1) is 16.0. The van der Waals surface area contributed by atoms with E-state index < -0.39 is 22.8 Å². The molecule has 0 aliphatic carbocycles. The predicted octanol–water partition coefficient (Wildman–Crippen LogP) is 1.24. The summed E-state index contributed by atoms with van der Waals surface area (Å²) < 4.78 is 0. The van der Waals surface area contributed by atoms with Gasteiger partial charge in [-0.2, -0.15) is 0 Å². The summed E-state index contributed by atoms with van der Waals surface area (Å²) in [6.07, 6.45) is 0.757. The van der Waals surface area contributed by atoms with E-state index in [1.54, 1.807) is 0 Å². The molecule has 0 saturated carbocycles. The van der Waals surface area contributed by atoms with Gasteiger partial charge in [0, 0.05) is 6.54 Å². The zero-order valence-electron chi connectivity index (χ0n) is 12.5. The van der Waals surface area contributed by atoms with Gasteiger partial charge < -0.3 is 15.7 Å². The molecule has 1 unspecified atom stereocenters. The number of carbonyl (C=O) groups is 2. The lowest BCUT2D eigenvalue weighted by atomic mass is 9.75. The van der Waals surface area contributed by atoms with Gasteiger partial charge in [0.2, 0.25) is 5.91 Å². The Kier molecular flexibility index (Phi) is 4.61. The first-order valence-electron chi connectivity index (χ1n) is 6.86. The molecule has 2 atom stereocenters. The van der Waals surface area contributed by atoms with Gasteiger partial charge in [0.15, 0.2) is 0 Å². The van der Waals surface area contributed by atoms with Crippen LogP contribution in [0.2, 0.25) is 0 Å². The van der Waals surface area contributed by atoms with Gasteiger partial charge >= 0.3 is 5.97 Å². The van der Waals surface area contributed by atoms with Crippen LogP contribution in [0.15, 0.2) is 0 Å². The Morgan fingerprint density at radius 3 is 2.21 bits per heavy atom. The number of carboxylic acids is 1. The molecule has 1 heterocycles. The number of carboxylic acid groups (broad SMARTS) is 1. The van der Waals surface area contributed by atoms with Crippen molar-refractivity contribution >= 4 is 11.9 Å². The molecule has 5 nitrogen and oxygen atoms in total. The van der Waals surface area contributed by atoms with Crippen LogP contribution in [0.25, 0.3) is 0 Å². The van der Waals surface area contributed by atoms with Crippen molar-refractivity contribution in [3.05, 3.63) is 0 Å². The third-order valence-corrected chi connectivity index (χ3v) is 4.13. The zero-order chi connectivity index (χ0) is 14.8. The van der Waals surface area contributed by atoms with E-state index >= 15 is 0 Å². The second-order valence-corrected chi connectivity index (χ2v) is 6.85. The molecule has 0 aromatic carbocycles. The van der Waals surface area contributed by atoms with Crippen LogP contribution in [0, 0.1) is 16.7 Å². The lowest BCUT2D eigenvalue weighted by molar-refractivity contribution is -0.147. The summed E-state index contributed by atoms with van der Waals surface area (Å²) in [5.41, 5.74) is -0.995. The van der Waals surface area contributed by atoms with Gasteiger partial charge in [0.05, 0.1) is 5.41 Å². The molecule has 1 aliphatic rings. The number of hydrogen-bond donors (Lipinski definition) is 3. The van der Waals surface area contributed by atoms with Gasteiger partial charge in [-0.3, -0.25) is 4.79 Å². The van der Waals surface area contributed by atoms with Crippen LogP contribution in [0.1, 0.15) is 41.0 Å². The fourth-order valence-corrected chi connectivity index (χ4v) is 2.58. The Labute approximate surface area is 115 Å². The Morgan fingerprint density at radius 2 is 1.89 bits per heavy atom. The van der Waals surface area contributed by atoms with Crippen molar-refractivity contribution in [2.45, 2.75) is 47.1 Å². The van der Waals surface area contributed by atoms with Crippen LogP contribution in [0.5, 0.6) is 0 Å². The molecule has 1 aliphatic heterocycles. The summed E-state index contributed by atoms with van der Waals surface area (Å²) in [7, 11) is 0. The highest BCUT2D eigenvalue weighted by Gasteiger charge is 2.46. The highest BCUT2D eigenvalue weighted by molar-refractivity contribution is 5.88. The SMILES string of the molecule is CC(C)C1(C(=O)N[C@@H](C(=O)O)C(C)(C)C)CCNC1. The van der Waals surface area contributed by atoms with Crippen molar-refractivity contribution in [3.63, 3.8) is 0 Å². The van der Waals surface area contributed by atoms with Crippen molar-refractivity contribution in [2.24, 2.45) is 16.7 Å². The maximum Gasteiger partial charge on any atom is 0.326 e. The predicted molar refractivity (Wildman–Crippen MR) is 73.8 cm³/mol. The van der Waals surface area contributed by atoms with E-state index in [1.165, 1.54) is 0 Å². The van der Waals surface area contributed by atoms with E-state index in [1.807, 2.05) is 34.6 Å². The van der Waals surface area contributed by atoms with Gasteiger partial charge in [0.25, 0.3) is 0 Å². The number of carbonyl (C=O) groups excluding carboxylic acids is 1. The smallest absolute Gasteiger partial charge is 0.326 e. The molecular weight excluding hydrogens is 244 g/mol. The molecule has 1 amide bonds. The highest BCUT2D eigenvalue weighted by Crippen LogP contribution is 2.35. The fourth-order valence-electron chi connectivity index (χ4n) is 2.58. The van der Waals surface area contributed by atoms with E-state index in [0.717, 1.165) is 13.0 Å². The van der Waals surface area contributed by atoms with Crippen LogP contribution in [-0.4, -0.2) is 36.1 Å². The summed E-state index contributed by atoms with van der Waals surface area (Å²) in [6.45, 7) is 10.9. The minimum absolute atomic E-state index is 0.144. The van der Waals surface area contributed by atoms with E-state index in [0.29, 0.717) is 6.54 Å². The zero-order valence-corrected chi connectivity index (χ0v) is 12.5. The number of nitrogens with one attached hydrogen (secondary N) is 2. The third-order valence-electron chi connectivity index (χ3n) is 4.13. The molecule has 0 aromatic heterocycles. The van der Waals surface area contributed by atoms with E-state index in [-0.39, 0.29) is 11.8 Å². The number of hydrogen-bond acceptors (Lipinski definition) is 3. The molecular formula is C14H26N2O3. The van der Waals surface area contributed by atoms with Gasteiger partial charge in [0.1, 0.15) is 6.04 Å². The minimum atomic E-state index is -0.981. The maximum absolute atomic E-state index is 12.6. The van der Waals surface area contributed by atoms with Gasteiger partial charge in [-0.25, -0.2) is 4.79 Å². The van der Waals surface area contributed by atoms with Crippen LogP contribution < -0.4 is 10.6 Å². The van der Waals surface area contributed by atoms with Crippen LogP contribution in [0.4, 0.5) is 0 Å². The Balaban J connectivity index is 2.90. The first-order valence-corrected chi connectivity index (χ1v) is 6.86. The van der Waals surface area contributed by atoms with Crippen molar-refractivity contribution in [3.8, 4) is 0 Å². The van der Waals surface area contributed by atoms with Gasteiger partial charge in [-0.05, 0) is 24.3 Å². The number of rotatable bonds is 4. The van der Waals surface area contributed by atoms with Crippen LogP contribution >= 0.6 is 0 Å². The van der Waals surface area contributed by atoms with E-state index in [4.69, 9.17) is 0 Å². The summed E-state index contributed by atoms with van der Waals surface area (Å²) in [6, 6.07) is -0.865. The molecule has 110 valence electrons. The number of amides is 1. The van der Waals surface area contributed by atoms with Crippen molar-refractivity contribution in [1.82, 2.24) is 10.6 Å². The summed E-state index contributed by atoms with van der Waals surface area (Å²) in [4.78, 5) is 23.9. The lowest BCUT2D eigenvalue weighted by Crippen LogP contribution is -2.55. The molecule has 0 radical (unpaired) electrons. The summed E-state index contributed by atoms with van der Waals surface area (Å²) >= 11 is 0. The van der Waals surface area contributed by atoms with Crippen molar-refractivity contribution < 1.29 is 14.7 Å². The summed E-state index contributed by atoms with van der Waals surface area (Å²) in [5, 5.41) is 15.2. The third kappa shape index (κ3) is 3.26. The quantitative estimate of drug-likeness (QED) is 0.718. The largest absolute Gasteiger partial charge is 0.480 e. The average Bonchev–Trinajstić information content (AvgIpc) is 2.73. The Hall–Kier alpha value is -1.10. The Bertz CT molecular complexity index is 352. The normalized spacial score (nSPS) is 25.4. The first-order chi connectivity index (χ1) is 8.61.